The molecule has 0 aliphatic carbocycles. The SMILES string of the molecule is O=C(O)CC[C@H]1CS(=O)(=O)CC[C@@H]1O. The van der Waals surface area contributed by atoms with Crippen molar-refractivity contribution in [3.05, 3.63) is 0 Å². The van der Waals surface area contributed by atoms with Gasteiger partial charge in [0.15, 0.2) is 9.84 Å². The second kappa shape index (κ2) is 4.27. The number of hydrogen-bond donors (Lipinski definition) is 2. The summed E-state index contributed by atoms with van der Waals surface area (Å²) < 4.78 is 22.4. The number of carbonyl (C=O) groups is 1. The van der Waals surface area contributed by atoms with Crippen LogP contribution in [0.15, 0.2) is 0 Å². The first kappa shape index (κ1) is 11.5. The molecule has 14 heavy (non-hydrogen) atoms. The Bertz CT molecular complexity index is 308. The van der Waals surface area contributed by atoms with Gasteiger partial charge in [-0.15, -0.1) is 0 Å². The average Bonchev–Trinajstić information content (AvgIpc) is 2.06. The highest BCUT2D eigenvalue weighted by Gasteiger charge is 2.31. The Morgan fingerprint density at radius 3 is 2.64 bits per heavy atom. The van der Waals surface area contributed by atoms with Crippen LogP contribution in [0, 0.1) is 5.92 Å². The number of aliphatic hydroxyl groups is 1. The van der Waals surface area contributed by atoms with Crippen LogP contribution in [0.1, 0.15) is 19.3 Å². The number of aliphatic carboxylic acids is 1. The fraction of sp³-hybridized carbons (Fsp3) is 0.875. The number of rotatable bonds is 3. The summed E-state index contributed by atoms with van der Waals surface area (Å²) in [6.07, 6.45) is -0.294. The Morgan fingerprint density at radius 2 is 2.07 bits per heavy atom. The summed E-state index contributed by atoms with van der Waals surface area (Å²) in [5, 5.41) is 17.9. The molecule has 0 unspecified atom stereocenters. The molecule has 1 aliphatic heterocycles. The highest BCUT2D eigenvalue weighted by molar-refractivity contribution is 7.91. The Hall–Kier alpha value is -0.620. The van der Waals surface area contributed by atoms with Crippen LogP contribution in [0.2, 0.25) is 0 Å². The number of hydrogen-bond acceptors (Lipinski definition) is 4. The van der Waals surface area contributed by atoms with Crippen molar-refractivity contribution < 1.29 is 23.4 Å². The van der Waals surface area contributed by atoms with Gasteiger partial charge in [0.2, 0.25) is 0 Å². The molecule has 0 aromatic heterocycles. The van der Waals surface area contributed by atoms with Crippen molar-refractivity contribution in [2.75, 3.05) is 11.5 Å². The van der Waals surface area contributed by atoms with E-state index in [9.17, 15) is 18.3 Å². The Morgan fingerprint density at radius 1 is 1.43 bits per heavy atom. The molecule has 2 atom stereocenters. The van der Waals surface area contributed by atoms with E-state index in [4.69, 9.17) is 5.11 Å². The number of sulfone groups is 1. The molecular weight excluding hydrogens is 208 g/mol. The van der Waals surface area contributed by atoms with Gasteiger partial charge in [-0.1, -0.05) is 0 Å². The average molecular weight is 222 g/mol. The Labute approximate surface area is 82.7 Å². The maximum atomic E-state index is 11.2. The molecule has 2 N–H and O–H groups in total. The van der Waals surface area contributed by atoms with Crippen LogP contribution in [0.5, 0.6) is 0 Å². The normalized spacial score (nSPS) is 31.2. The second-order valence-electron chi connectivity index (χ2n) is 3.66. The summed E-state index contributed by atoms with van der Waals surface area (Å²) in [4.78, 5) is 10.3. The smallest absolute Gasteiger partial charge is 0.303 e. The predicted molar refractivity (Wildman–Crippen MR) is 49.6 cm³/mol. The third kappa shape index (κ3) is 3.26. The molecular formula is C8H14O5S. The minimum absolute atomic E-state index is 0.0116. The molecule has 1 heterocycles. The fourth-order valence-corrected chi connectivity index (χ4v) is 3.45. The largest absolute Gasteiger partial charge is 0.481 e. The van der Waals surface area contributed by atoms with Crippen LogP contribution in [-0.4, -0.2) is 42.2 Å². The van der Waals surface area contributed by atoms with Gasteiger partial charge in [0.25, 0.3) is 0 Å². The van der Waals surface area contributed by atoms with Crippen molar-refractivity contribution in [2.24, 2.45) is 5.92 Å². The van der Waals surface area contributed by atoms with Crippen LogP contribution in [0.3, 0.4) is 0 Å². The van der Waals surface area contributed by atoms with E-state index in [0.717, 1.165) is 0 Å². The monoisotopic (exact) mass is 222 g/mol. The van der Waals surface area contributed by atoms with Crippen molar-refractivity contribution in [1.82, 2.24) is 0 Å². The molecule has 1 aliphatic rings. The first-order chi connectivity index (χ1) is 6.41. The lowest BCUT2D eigenvalue weighted by Crippen LogP contribution is -2.36. The zero-order valence-corrected chi connectivity index (χ0v) is 8.53. The van der Waals surface area contributed by atoms with E-state index in [-0.39, 0.29) is 30.8 Å². The van der Waals surface area contributed by atoms with Crippen molar-refractivity contribution in [2.45, 2.75) is 25.4 Å². The first-order valence-electron chi connectivity index (χ1n) is 4.51. The minimum Gasteiger partial charge on any atom is -0.481 e. The second-order valence-corrected chi connectivity index (χ2v) is 5.89. The van der Waals surface area contributed by atoms with Crippen molar-refractivity contribution in [3.63, 3.8) is 0 Å². The van der Waals surface area contributed by atoms with Crippen molar-refractivity contribution >= 4 is 15.8 Å². The van der Waals surface area contributed by atoms with E-state index in [1.165, 1.54) is 0 Å². The molecule has 0 amide bonds. The van der Waals surface area contributed by atoms with E-state index in [0.29, 0.717) is 0 Å². The van der Waals surface area contributed by atoms with Gasteiger partial charge in [-0.3, -0.25) is 4.79 Å². The van der Waals surface area contributed by atoms with Gasteiger partial charge >= 0.3 is 5.97 Å². The van der Waals surface area contributed by atoms with Crippen LogP contribution in [0.4, 0.5) is 0 Å². The van der Waals surface area contributed by atoms with Crippen LogP contribution in [-0.2, 0) is 14.6 Å². The third-order valence-corrected chi connectivity index (χ3v) is 4.26. The standard InChI is InChI=1S/C8H14O5S/c9-7-3-4-14(12,13)5-6(7)1-2-8(10)11/h6-7,9H,1-5H2,(H,10,11)/t6-,7-/m0/s1. The molecule has 0 aromatic carbocycles. The summed E-state index contributed by atoms with van der Waals surface area (Å²) in [6.45, 7) is 0. The third-order valence-electron chi connectivity index (χ3n) is 2.47. The summed E-state index contributed by atoms with van der Waals surface area (Å²) in [5.74, 6) is -1.44. The van der Waals surface area contributed by atoms with E-state index in [2.05, 4.69) is 0 Å². The number of carboxylic acid groups (broad SMARTS) is 1. The molecule has 1 rings (SSSR count). The summed E-state index contributed by atoms with van der Waals surface area (Å²) >= 11 is 0. The van der Waals surface area contributed by atoms with Crippen LogP contribution < -0.4 is 0 Å². The highest BCUT2D eigenvalue weighted by atomic mass is 32.2. The van der Waals surface area contributed by atoms with E-state index in [1.807, 2.05) is 0 Å². The number of carboxylic acids is 1. The molecule has 0 saturated carbocycles. The molecule has 5 nitrogen and oxygen atoms in total. The van der Waals surface area contributed by atoms with Gasteiger partial charge in [0, 0.05) is 6.42 Å². The maximum Gasteiger partial charge on any atom is 0.303 e. The summed E-state index contributed by atoms with van der Waals surface area (Å²) in [7, 11) is -3.07. The topological polar surface area (TPSA) is 91.7 Å². The Balaban J connectivity index is 2.53. The lowest BCUT2D eigenvalue weighted by Gasteiger charge is -2.26. The van der Waals surface area contributed by atoms with Crippen molar-refractivity contribution in [3.8, 4) is 0 Å². The van der Waals surface area contributed by atoms with Crippen molar-refractivity contribution in [1.29, 1.82) is 0 Å². The molecule has 6 heteroatoms. The summed E-state index contributed by atoms with van der Waals surface area (Å²) in [5.41, 5.74) is 0. The molecule has 0 bridgehead atoms. The first-order valence-corrected chi connectivity index (χ1v) is 6.33. The molecule has 1 fully saturated rings. The maximum absolute atomic E-state index is 11.2. The molecule has 82 valence electrons. The highest BCUT2D eigenvalue weighted by Crippen LogP contribution is 2.23. The van der Waals surface area contributed by atoms with Gasteiger partial charge in [-0.2, -0.15) is 0 Å². The van der Waals surface area contributed by atoms with Gasteiger partial charge in [-0.25, -0.2) is 8.42 Å². The number of aliphatic hydroxyl groups excluding tert-OH is 1. The molecule has 1 saturated heterocycles. The zero-order valence-electron chi connectivity index (χ0n) is 7.72. The predicted octanol–water partition coefficient (Wildman–Crippen LogP) is -0.353. The van der Waals surface area contributed by atoms with Crippen LogP contribution in [0.25, 0.3) is 0 Å². The lowest BCUT2D eigenvalue weighted by molar-refractivity contribution is -0.137. The van der Waals surface area contributed by atoms with E-state index < -0.39 is 27.8 Å². The van der Waals surface area contributed by atoms with Gasteiger partial charge in [0.1, 0.15) is 0 Å². The van der Waals surface area contributed by atoms with Gasteiger partial charge in [-0.05, 0) is 18.8 Å². The van der Waals surface area contributed by atoms with Crippen LogP contribution >= 0.6 is 0 Å². The molecule has 0 aromatic rings. The van der Waals surface area contributed by atoms with Gasteiger partial charge < -0.3 is 10.2 Å². The molecule has 0 radical (unpaired) electrons. The Kier molecular flexibility index (Phi) is 3.49. The minimum atomic E-state index is -3.07. The quantitative estimate of drug-likeness (QED) is 0.680. The summed E-state index contributed by atoms with van der Waals surface area (Å²) in [6, 6.07) is 0. The molecule has 0 spiro atoms. The van der Waals surface area contributed by atoms with Gasteiger partial charge in [0.05, 0.1) is 17.6 Å². The van der Waals surface area contributed by atoms with E-state index in [1.54, 1.807) is 0 Å². The van der Waals surface area contributed by atoms with E-state index >= 15 is 0 Å². The zero-order chi connectivity index (χ0) is 10.8. The fourth-order valence-electron chi connectivity index (χ4n) is 1.64. The lowest BCUT2D eigenvalue weighted by atomic mass is 9.96.